The van der Waals surface area contributed by atoms with Crippen LogP contribution in [0.3, 0.4) is 0 Å². The Morgan fingerprint density at radius 3 is 3.07 bits per heavy atom. The second-order valence-corrected chi connectivity index (χ2v) is 2.98. The lowest BCUT2D eigenvalue weighted by atomic mass is 10.3. The summed E-state index contributed by atoms with van der Waals surface area (Å²) in [5, 5.41) is 11.4. The van der Waals surface area contributed by atoms with E-state index in [0.717, 1.165) is 5.69 Å². The van der Waals surface area contributed by atoms with Crippen molar-refractivity contribution in [3.8, 4) is 0 Å². The van der Waals surface area contributed by atoms with Crippen LogP contribution in [0.2, 0.25) is 0 Å². The van der Waals surface area contributed by atoms with E-state index in [1.807, 2.05) is 6.92 Å². The van der Waals surface area contributed by atoms with E-state index in [0.29, 0.717) is 12.4 Å². The SMILES string of the molecule is CC(N)c1cn(Cc2ncon2)nn1. The van der Waals surface area contributed by atoms with E-state index < -0.39 is 0 Å². The molecule has 1 unspecified atom stereocenters. The molecule has 0 amide bonds. The zero-order chi connectivity index (χ0) is 9.97. The van der Waals surface area contributed by atoms with Crippen molar-refractivity contribution in [2.24, 2.45) is 5.73 Å². The first-order valence-electron chi connectivity index (χ1n) is 4.16. The van der Waals surface area contributed by atoms with E-state index in [2.05, 4.69) is 25.0 Å². The van der Waals surface area contributed by atoms with Gasteiger partial charge in [-0.1, -0.05) is 10.4 Å². The van der Waals surface area contributed by atoms with Crippen LogP contribution >= 0.6 is 0 Å². The van der Waals surface area contributed by atoms with Crippen molar-refractivity contribution >= 4 is 0 Å². The third kappa shape index (κ3) is 1.77. The number of nitrogens with zero attached hydrogens (tertiary/aromatic N) is 5. The number of hydrogen-bond acceptors (Lipinski definition) is 6. The molecule has 14 heavy (non-hydrogen) atoms. The van der Waals surface area contributed by atoms with E-state index in [9.17, 15) is 0 Å². The van der Waals surface area contributed by atoms with Gasteiger partial charge in [0.25, 0.3) is 0 Å². The van der Waals surface area contributed by atoms with Gasteiger partial charge in [0.2, 0.25) is 6.39 Å². The van der Waals surface area contributed by atoms with E-state index in [-0.39, 0.29) is 6.04 Å². The Balaban J connectivity index is 2.11. The minimum Gasteiger partial charge on any atom is -0.343 e. The van der Waals surface area contributed by atoms with Gasteiger partial charge in [0.15, 0.2) is 5.82 Å². The van der Waals surface area contributed by atoms with Crippen LogP contribution in [-0.4, -0.2) is 25.1 Å². The van der Waals surface area contributed by atoms with E-state index in [1.165, 1.54) is 6.39 Å². The highest BCUT2D eigenvalue weighted by molar-refractivity contribution is 4.98. The molecule has 0 bridgehead atoms. The fraction of sp³-hybridized carbons (Fsp3) is 0.429. The maximum absolute atomic E-state index is 5.63. The molecule has 0 aliphatic carbocycles. The molecule has 0 spiro atoms. The Morgan fingerprint density at radius 1 is 1.64 bits per heavy atom. The molecule has 0 fully saturated rings. The van der Waals surface area contributed by atoms with Crippen LogP contribution < -0.4 is 5.73 Å². The predicted molar refractivity (Wildman–Crippen MR) is 46.0 cm³/mol. The third-order valence-corrected chi connectivity index (χ3v) is 1.73. The summed E-state index contributed by atoms with van der Waals surface area (Å²) in [6.07, 6.45) is 3.04. The van der Waals surface area contributed by atoms with Crippen molar-refractivity contribution < 1.29 is 4.52 Å². The maximum atomic E-state index is 5.63. The van der Waals surface area contributed by atoms with Crippen molar-refractivity contribution in [2.75, 3.05) is 0 Å². The molecule has 7 nitrogen and oxygen atoms in total. The summed E-state index contributed by atoms with van der Waals surface area (Å²) in [7, 11) is 0. The summed E-state index contributed by atoms with van der Waals surface area (Å²) >= 11 is 0. The quantitative estimate of drug-likeness (QED) is 0.722. The molecule has 0 saturated carbocycles. The van der Waals surface area contributed by atoms with Gasteiger partial charge < -0.3 is 10.3 Å². The average molecular weight is 194 g/mol. The minimum absolute atomic E-state index is 0.117. The van der Waals surface area contributed by atoms with Gasteiger partial charge in [-0.15, -0.1) is 5.10 Å². The fourth-order valence-corrected chi connectivity index (χ4v) is 1.01. The van der Waals surface area contributed by atoms with Gasteiger partial charge in [0.05, 0.1) is 11.9 Å². The molecule has 2 aromatic rings. The van der Waals surface area contributed by atoms with Crippen molar-refractivity contribution in [3.05, 3.63) is 24.1 Å². The zero-order valence-electron chi connectivity index (χ0n) is 7.66. The molecule has 7 heteroatoms. The Kier molecular flexibility index (Phi) is 2.23. The Hall–Kier alpha value is -1.76. The first-order valence-corrected chi connectivity index (χ1v) is 4.16. The molecule has 0 aliphatic heterocycles. The summed E-state index contributed by atoms with van der Waals surface area (Å²) in [5.41, 5.74) is 6.38. The zero-order valence-corrected chi connectivity index (χ0v) is 7.66. The fourth-order valence-electron chi connectivity index (χ4n) is 1.01. The van der Waals surface area contributed by atoms with Crippen molar-refractivity contribution in [1.29, 1.82) is 0 Å². The number of nitrogens with two attached hydrogens (primary N) is 1. The van der Waals surface area contributed by atoms with Gasteiger partial charge in [0, 0.05) is 6.04 Å². The molecule has 2 rings (SSSR count). The maximum Gasteiger partial charge on any atom is 0.213 e. The highest BCUT2D eigenvalue weighted by atomic mass is 16.5. The first-order chi connectivity index (χ1) is 6.75. The molecule has 0 saturated heterocycles. The minimum atomic E-state index is -0.117. The van der Waals surface area contributed by atoms with Gasteiger partial charge in [-0.05, 0) is 6.92 Å². The molecule has 0 aliphatic rings. The summed E-state index contributed by atoms with van der Waals surface area (Å²) in [6.45, 7) is 2.29. The second kappa shape index (κ2) is 3.54. The van der Waals surface area contributed by atoms with E-state index >= 15 is 0 Å². The predicted octanol–water partition coefficient (Wildman–Crippen LogP) is -0.271. The highest BCUT2D eigenvalue weighted by Crippen LogP contribution is 2.04. The summed E-state index contributed by atoms with van der Waals surface area (Å²) in [5.74, 6) is 0.561. The third-order valence-electron chi connectivity index (χ3n) is 1.73. The van der Waals surface area contributed by atoms with Crippen molar-refractivity contribution in [1.82, 2.24) is 25.1 Å². The lowest BCUT2D eigenvalue weighted by molar-refractivity contribution is 0.406. The van der Waals surface area contributed by atoms with Crippen LogP contribution in [0, 0.1) is 0 Å². The number of aromatic nitrogens is 5. The van der Waals surface area contributed by atoms with Crippen LogP contribution in [-0.2, 0) is 6.54 Å². The van der Waals surface area contributed by atoms with Crippen LogP contribution in [0.25, 0.3) is 0 Å². The molecule has 0 radical (unpaired) electrons. The normalized spacial score (nSPS) is 13.0. The summed E-state index contributed by atoms with van der Waals surface area (Å²) < 4.78 is 6.21. The Bertz CT molecular complexity index is 392. The van der Waals surface area contributed by atoms with Crippen molar-refractivity contribution in [3.63, 3.8) is 0 Å². The summed E-state index contributed by atoms with van der Waals surface area (Å²) in [4.78, 5) is 3.87. The van der Waals surface area contributed by atoms with Gasteiger partial charge in [-0.3, -0.25) is 0 Å². The standard InChI is InChI=1S/C7H10N6O/c1-5(8)6-2-13(12-10-6)3-7-9-4-14-11-7/h2,4-5H,3,8H2,1H3. The van der Waals surface area contributed by atoms with Gasteiger partial charge in [0.1, 0.15) is 6.54 Å². The second-order valence-electron chi connectivity index (χ2n) is 2.98. The van der Waals surface area contributed by atoms with Crippen LogP contribution in [0.5, 0.6) is 0 Å². The van der Waals surface area contributed by atoms with E-state index in [4.69, 9.17) is 5.73 Å². The molecule has 0 aromatic carbocycles. The van der Waals surface area contributed by atoms with Gasteiger partial charge >= 0.3 is 0 Å². The number of hydrogen-bond donors (Lipinski definition) is 1. The Labute approximate surface area is 79.9 Å². The lowest BCUT2D eigenvalue weighted by Gasteiger charge is -1.95. The smallest absolute Gasteiger partial charge is 0.213 e. The van der Waals surface area contributed by atoms with E-state index in [1.54, 1.807) is 10.9 Å². The lowest BCUT2D eigenvalue weighted by Crippen LogP contribution is -2.05. The monoisotopic (exact) mass is 194 g/mol. The number of rotatable bonds is 3. The van der Waals surface area contributed by atoms with Crippen LogP contribution in [0.15, 0.2) is 17.1 Å². The Morgan fingerprint density at radius 2 is 2.50 bits per heavy atom. The van der Waals surface area contributed by atoms with Crippen LogP contribution in [0.4, 0.5) is 0 Å². The molecular weight excluding hydrogens is 184 g/mol. The molecule has 2 heterocycles. The van der Waals surface area contributed by atoms with Crippen molar-refractivity contribution in [2.45, 2.75) is 19.5 Å². The molecule has 2 aromatic heterocycles. The van der Waals surface area contributed by atoms with Gasteiger partial charge in [-0.2, -0.15) is 4.98 Å². The molecular formula is C7H10N6O. The topological polar surface area (TPSA) is 95.7 Å². The van der Waals surface area contributed by atoms with Crippen LogP contribution in [0.1, 0.15) is 24.5 Å². The average Bonchev–Trinajstić information content (AvgIpc) is 2.75. The molecule has 1 atom stereocenters. The largest absolute Gasteiger partial charge is 0.343 e. The molecule has 2 N–H and O–H groups in total. The first kappa shape index (κ1) is 8.82. The highest BCUT2D eigenvalue weighted by Gasteiger charge is 2.06. The summed E-state index contributed by atoms with van der Waals surface area (Å²) in [6, 6.07) is -0.117. The molecule has 74 valence electrons. The van der Waals surface area contributed by atoms with Gasteiger partial charge in [-0.25, -0.2) is 4.68 Å².